The molecule has 0 aliphatic heterocycles. The molecule has 0 saturated heterocycles. The molecule has 0 aliphatic carbocycles. The average Bonchev–Trinajstić information content (AvgIpc) is 2.51. The SMILES string of the molecule is Cc1ccc(C(=O)CC(=O)C(=O)Nc2ccc(C)c(F)c2)cc1. The Morgan fingerprint density at radius 3 is 2.26 bits per heavy atom. The molecule has 5 heteroatoms. The second-order valence-corrected chi connectivity index (χ2v) is 5.31. The Hall–Kier alpha value is -2.82. The molecule has 0 saturated carbocycles. The van der Waals surface area contributed by atoms with Crippen LogP contribution in [0, 0.1) is 19.7 Å². The number of carbonyl (C=O) groups is 3. The summed E-state index contributed by atoms with van der Waals surface area (Å²) in [5, 5.41) is 2.29. The number of hydrogen-bond donors (Lipinski definition) is 1. The Morgan fingerprint density at radius 2 is 1.65 bits per heavy atom. The number of aryl methyl sites for hydroxylation is 2. The van der Waals surface area contributed by atoms with Gasteiger partial charge in [-0.2, -0.15) is 0 Å². The normalized spacial score (nSPS) is 10.2. The average molecular weight is 313 g/mol. The molecule has 4 nitrogen and oxygen atoms in total. The van der Waals surface area contributed by atoms with Gasteiger partial charge in [0.1, 0.15) is 5.82 Å². The van der Waals surface area contributed by atoms with Crippen LogP contribution in [0.3, 0.4) is 0 Å². The highest BCUT2D eigenvalue weighted by Crippen LogP contribution is 2.14. The van der Waals surface area contributed by atoms with E-state index in [1.165, 1.54) is 12.1 Å². The van der Waals surface area contributed by atoms with Crippen LogP contribution in [0.25, 0.3) is 0 Å². The van der Waals surface area contributed by atoms with E-state index in [0.29, 0.717) is 11.1 Å². The van der Waals surface area contributed by atoms with Crippen LogP contribution in [-0.4, -0.2) is 17.5 Å². The molecule has 0 bridgehead atoms. The lowest BCUT2D eigenvalue weighted by Gasteiger charge is -2.06. The highest BCUT2D eigenvalue weighted by molar-refractivity contribution is 6.44. The molecular formula is C18H16FNO3. The summed E-state index contributed by atoms with van der Waals surface area (Å²) in [4.78, 5) is 35.6. The lowest BCUT2D eigenvalue weighted by molar-refractivity contribution is -0.134. The summed E-state index contributed by atoms with van der Waals surface area (Å²) in [6, 6.07) is 10.8. The molecule has 2 aromatic carbocycles. The Bertz CT molecular complexity index is 766. The van der Waals surface area contributed by atoms with Gasteiger partial charge in [0, 0.05) is 11.3 Å². The maximum absolute atomic E-state index is 13.4. The maximum Gasteiger partial charge on any atom is 0.292 e. The number of Topliss-reactive ketones (excluding diaryl/α,β-unsaturated/α-hetero) is 2. The molecule has 1 amide bonds. The fourth-order valence-electron chi connectivity index (χ4n) is 1.94. The Morgan fingerprint density at radius 1 is 1.00 bits per heavy atom. The van der Waals surface area contributed by atoms with Gasteiger partial charge in [0.2, 0.25) is 5.78 Å². The third-order valence-electron chi connectivity index (χ3n) is 3.38. The van der Waals surface area contributed by atoms with Crippen molar-refractivity contribution in [3.05, 3.63) is 65.0 Å². The first-order valence-corrected chi connectivity index (χ1v) is 7.07. The number of anilines is 1. The van der Waals surface area contributed by atoms with Crippen LogP contribution in [0.1, 0.15) is 27.9 Å². The summed E-state index contributed by atoms with van der Waals surface area (Å²) in [7, 11) is 0. The number of rotatable bonds is 5. The van der Waals surface area contributed by atoms with Crippen LogP contribution < -0.4 is 5.32 Å². The Kier molecular flexibility index (Phi) is 5.01. The van der Waals surface area contributed by atoms with Crippen molar-refractivity contribution in [1.29, 1.82) is 0 Å². The monoisotopic (exact) mass is 313 g/mol. The zero-order valence-electron chi connectivity index (χ0n) is 12.9. The first kappa shape index (κ1) is 16.5. The number of halogens is 1. The van der Waals surface area contributed by atoms with Crippen LogP contribution in [-0.2, 0) is 9.59 Å². The second kappa shape index (κ2) is 6.96. The van der Waals surface area contributed by atoms with Crippen molar-refractivity contribution >= 4 is 23.2 Å². The number of carbonyl (C=O) groups excluding carboxylic acids is 3. The topological polar surface area (TPSA) is 63.2 Å². The van der Waals surface area contributed by atoms with E-state index in [-0.39, 0.29) is 5.69 Å². The van der Waals surface area contributed by atoms with Crippen LogP contribution in [0.2, 0.25) is 0 Å². The molecule has 2 rings (SSSR count). The van der Waals surface area contributed by atoms with E-state index < -0.39 is 29.7 Å². The number of ketones is 2. The van der Waals surface area contributed by atoms with E-state index >= 15 is 0 Å². The predicted octanol–water partition coefficient (Wildman–Crippen LogP) is 3.22. The lowest BCUT2D eigenvalue weighted by atomic mass is 10.0. The van der Waals surface area contributed by atoms with Crippen molar-refractivity contribution in [3.8, 4) is 0 Å². The molecule has 0 fully saturated rings. The van der Waals surface area contributed by atoms with Gasteiger partial charge in [0.25, 0.3) is 5.91 Å². The first-order chi connectivity index (χ1) is 10.9. The summed E-state index contributed by atoms with van der Waals surface area (Å²) in [5.74, 6) is -2.71. The number of hydrogen-bond acceptors (Lipinski definition) is 3. The number of amides is 1. The van der Waals surface area contributed by atoms with Gasteiger partial charge in [-0.15, -0.1) is 0 Å². The van der Waals surface area contributed by atoms with Crippen molar-refractivity contribution < 1.29 is 18.8 Å². The Balaban J connectivity index is 1.99. The van der Waals surface area contributed by atoms with Gasteiger partial charge in [-0.3, -0.25) is 14.4 Å². The summed E-state index contributed by atoms with van der Waals surface area (Å²) in [6.45, 7) is 3.47. The summed E-state index contributed by atoms with van der Waals surface area (Å²) in [6.07, 6.45) is -0.525. The molecule has 0 aliphatic rings. The third kappa shape index (κ3) is 4.32. The quantitative estimate of drug-likeness (QED) is 0.524. The largest absolute Gasteiger partial charge is 0.319 e. The second-order valence-electron chi connectivity index (χ2n) is 5.31. The molecule has 0 heterocycles. The third-order valence-corrected chi connectivity index (χ3v) is 3.38. The van der Waals surface area contributed by atoms with Crippen LogP contribution >= 0.6 is 0 Å². The van der Waals surface area contributed by atoms with Crippen molar-refractivity contribution in [2.24, 2.45) is 0 Å². The number of nitrogens with one attached hydrogen (secondary N) is 1. The van der Waals surface area contributed by atoms with E-state index in [9.17, 15) is 18.8 Å². The molecule has 2 aromatic rings. The van der Waals surface area contributed by atoms with Crippen molar-refractivity contribution in [3.63, 3.8) is 0 Å². The molecule has 0 aromatic heterocycles. The van der Waals surface area contributed by atoms with Crippen LogP contribution in [0.5, 0.6) is 0 Å². The summed E-state index contributed by atoms with van der Waals surface area (Å²) < 4.78 is 13.4. The summed E-state index contributed by atoms with van der Waals surface area (Å²) >= 11 is 0. The molecule has 0 atom stereocenters. The first-order valence-electron chi connectivity index (χ1n) is 7.07. The van der Waals surface area contributed by atoms with E-state index in [1.807, 2.05) is 6.92 Å². The fourth-order valence-corrected chi connectivity index (χ4v) is 1.94. The lowest BCUT2D eigenvalue weighted by Crippen LogP contribution is -2.25. The van der Waals surface area contributed by atoms with Crippen LogP contribution in [0.4, 0.5) is 10.1 Å². The molecule has 0 radical (unpaired) electrons. The fraction of sp³-hybridized carbons (Fsp3) is 0.167. The zero-order valence-corrected chi connectivity index (χ0v) is 12.9. The highest BCUT2D eigenvalue weighted by Gasteiger charge is 2.19. The summed E-state index contributed by atoms with van der Waals surface area (Å²) in [5.41, 5.74) is 1.98. The highest BCUT2D eigenvalue weighted by atomic mass is 19.1. The van der Waals surface area contributed by atoms with Gasteiger partial charge < -0.3 is 5.32 Å². The van der Waals surface area contributed by atoms with Crippen molar-refractivity contribution in [1.82, 2.24) is 0 Å². The minimum atomic E-state index is -0.936. The van der Waals surface area contributed by atoms with E-state index in [1.54, 1.807) is 31.2 Å². The molecule has 0 unspecified atom stereocenters. The zero-order chi connectivity index (χ0) is 17.0. The molecule has 23 heavy (non-hydrogen) atoms. The predicted molar refractivity (Wildman–Crippen MR) is 84.9 cm³/mol. The molecule has 1 N–H and O–H groups in total. The molecule has 118 valence electrons. The van der Waals surface area contributed by atoms with Gasteiger partial charge in [-0.25, -0.2) is 4.39 Å². The Labute approximate surface area is 133 Å². The molecule has 0 spiro atoms. The van der Waals surface area contributed by atoms with Crippen LogP contribution in [0.15, 0.2) is 42.5 Å². The van der Waals surface area contributed by atoms with E-state index in [2.05, 4.69) is 5.32 Å². The van der Waals surface area contributed by atoms with Crippen molar-refractivity contribution in [2.75, 3.05) is 5.32 Å². The standard InChI is InChI=1S/C18H16FNO3/c1-11-3-6-13(7-4-11)16(21)10-17(22)18(23)20-14-8-5-12(2)15(19)9-14/h3-9H,10H2,1-2H3,(H,20,23). The maximum atomic E-state index is 13.4. The minimum absolute atomic E-state index is 0.175. The smallest absolute Gasteiger partial charge is 0.292 e. The van der Waals surface area contributed by atoms with E-state index in [4.69, 9.17) is 0 Å². The van der Waals surface area contributed by atoms with E-state index in [0.717, 1.165) is 11.6 Å². The molecular weight excluding hydrogens is 297 g/mol. The van der Waals surface area contributed by atoms with Gasteiger partial charge in [0.05, 0.1) is 6.42 Å². The van der Waals surface area contributed by atoms with Crippen molar-refractivity contribution in [2.45, 2.75) is 20.3 Å². The van der Waals surface area contributed by atoms with Gasteiger partial charge in [0.15, 0.2) is 5.78 Å². The van der Waals surface area contributed by atoms with Gasteiger partial charge in [-0.1, -0.05) is 35.9 Å². The number of benzene rings is 2. The minimum Gasteiger partial charge on any atom is -0.319 e. The van der Waals surface area contributed by atoms with Gasteiger partial charge in [-0.05, 0) is 31.5 Å². The van der Waals surface area contributed by atoms with Gasteiger partial charge >= 0.3 is 0 Å².